The molecule has 0 bridgehead atoms. The van der Waals surface area contributed by atoms with Gasteiger partial charge in [0.2, 0.25) is 0 Å². The maximum absolute atomic E-state index is 11.5. The highest BCUT2D eigenvalue weighted by Gasteiger charge is 2.25. The van der Waals surface area contributed by atoms with Crippen LogP contribution in [-0.2, 0) is 16.0 Å². The van der Waals surface area contributed by atoms with Crippen LogP contribution in [-0.4, -0.2) is 63.0 Å². The summed E-state index contributed by atoms with van der Waals surface area (Å²) in [5, 5.41) is 45.7. The van der Waals surface area contributed by atoms with E-state index >= 15 is 0 Å². The van der Waals surface area contributed by atoms with E-state index in [0.29, 0.717) is 6.42 Å². The molecule has 0 radical (unpaired) electrons. The minimum Gasteiger partial charge on any atom is -0.508 e. The van der Waals surface area contributed by atoms with Gasteiger partial charge in [0.1, 0.15) is 30.7 Å². The first kappa shape index (κ1) is 17.4. The van der Waals surface area contributed by atoms with Crippen LogP contribution in [0.2, 0.25) is 0 Å². The van der Waals surface area contributed by atoms with Gasteiger partial charge in [-0.3, -0.25) is 4.79 Å². The zero-order chi connectivity index (χ0) is 15.8. The van der Waals surface area contributed by atoms with Crippen LogP contribution < -0.4 is 0 Å². The Morgan fingerprint density at radius 3 is 2.29 bits per heavy atom. The minimum atomic E-state index is -1.58. The highest BCUT2D eigenvalue weighted by molar-refractivity contribution is 5.69. The van der Waals surface area contributed by atoms with Gasteiger partial charge in [0.25, 0.3) is 0 Å². The molecular weight excluding hydrogens is 280 g/mol. The number of aliphatic hydroxyl groups excluding tert-OH is 4. The normalized spacial score (nSPS) is 15.2. The summed E-state index contributed by atoms with van der Waals surface area (Å²) in [7, 11) is 0. The van der Waals surface area contributed by atoms with Gasteiger partial charge < -0.3 is 30.3 Å². The van der Waals surface area contributed by atoms with Crippen molar-refractivity contribution in [1.82, 2.24) is 0 Å². The standard InChI is InChI=1S/C14H20O7/c15-7-11(17)14(20)12(18)8-21-13(19)6-3-9-1-4-10(16)5-2-9/h1-2,4-5,11-12,14-18,20H,3,6-8H2/t11-,12-,14+/m1/s1. The van der Waals surface area contributed by atoms with Crippen LogP contribution >= 0.6 is 0 Å². The van der Waals surface area contributed by atoms with Gasteiger partial charge in [0, 0.05) is 6.42 Å². The van der Waals surface area contributed by atoms with Gasteiger partial charge in [-0.2, -0.15) is 0 Å². The Balaban J connectivity index is 2.29. The summed E-state index contributed by atoms with van der Waals surface area (Å²) in [5.74, 6) is -0.423. The molecule has 0 amide bonds. The number of ether oxygens (including phenoxy) is 1. The molecule has 0 saturated carbocycles. The lowest BCUT2D eigenvalue weighted by molar-refractivity contribution is -0.152. The van der Waals surface area contributed by atoms with Gasteiger partial charge >= 0.3 is 5.97 Å². The third kappa shape index (κ3) is 6.09. The minimum absolute atomic E-state index is 0.0795. The second kappa shape index (κ2) is 8.58. The van der Waals surface area contributed by atoms with Gasteiger partial charge in [-0.25, -0.2) is 0 Å². The van der Waals surface area contributed by atoms with Crippen molar-refractivity contribution in [3.05, 3.63) is 29.8 Å². The number of carbonyl (C=O) groups excluding carboxylic acids is 1. The topological polar surface area (TPSA) is 127 Å². The second-order valence-corrected chi connectivity index (χ2v) is 4.66. The monoisotopic (exact) mass is 300 g/mol. The van der Waals surface area contributed by atoms with Crippen molar-refractivity contribution >= 4 is 5.97 Å². The number of phenolic OH excluding ortho intramolecular Hbond substituents is 1. The molecule has 7 nitrogen and oxygen atoms in total. The molecule has 1 aromatic carbocycles. The SMILES string of the molecule is O=C(CCc1ccc(O)cc1)OC[C@@H](O)[C@@H](O)[C@H](O)CO. The summed E-state index contributed by atoms with van der Waals surface area (Å²) < 4.78 is 4.77. The third-order valence-electron chi connectivity index (χ3n) is 2.94. The van der Waals surface area contributed by atoms with Crippen LogP contribution in [0.1, 0.15) is 12.0 Å². The fourth-order valence-corrected chi connectivity index (χ4v) is 1.62. The Morgan fingerprint density at radius 1 is 1.10 bits per heavy atom. The fraction of sp³-hybridized carbons (Fsp3) is 0.500. The number of aliphatic hydroxyl groups is 4. The zero-order valence-corrected chi connectivity index (χ0v) is 11.4. The highest BCUT2D eigenvalue weighted by Crippen LogP contribution is 2.11. The van der Waals surface area contributed by atoms with Gasteiger partial charge in [0.05, 0.1) is 6.61 Å². The first-order chi connectivity index (χ1) is 9.93. The van der Waals surface area contributed by atoms with E-state index in [0.717, 1.165) is 5.56 Å². The molecule has 0 aliphatic heterocycles. The van der Waals surface area contributed by atoms with Crippen molar-refractivity contribution in [3.63, 3.8) is 0 Å². The maximum Gasteiger partial charge on any atom is 0.306 e. The van der Waals surface area contributed by atoms with Crippen LogP contribution in [0.25, 0.3) is 0 Å². The van der Waals surface area contributed by atoms with Crippen molar-refractivity contribution in [2.75, 3.05) is 13.2 Å². The molecule has 0 aromatic heterocycles. The van der Waals surface area contributed by atoms with E-state index in [9.17, 15) is 15.0 Å². The van der Waals surface area contributed by atoms with Crippen molar-refractivity contribution in [1.29, 1.82) is 0 Å². The smallest absolute Gasteiger partial charge is 0.306 e. The fourth-order valence-electron chi connectivity index (χ4n) is 1.62. The summed E-state index contributed by atoms with van der Waals surface area (Å²) in [6.07, 6.45) is -4.05. The molecule has 118 valence electrons. The highest BCUT2D eigenvalue weighted by atomic mass is 16.5. The number of aromatic hydroxyl groups is 1. The predicted molar refractivity (Wildman–Crippen MR) is 72.5 cm³/mol. The predicted octanol–water partition coefficient (Wildman–Crippen LogP) is -1.06. The summed E-state index contributed by atoms with van der Waals surface area (Å²) >= 11 is 0. The Bertz CT molecular complexity index is 431. The molecule has 0 saturated heterocycles. The molecule has 1 rings (SSSR count). The van der Waals surface area contributed by atoms with Crippen molar-refractivity contribution in [2.24, 2.45) is 0 Å². The molecule has 7 heteroatoms. The van der Waals surface area contributed by atoms with Crippen LogP contribution in [0, 0.1) is 0 Å². The number of hydrogen-bond acceptors (Lipinski definition) is 7. The zero-order valence-electron chi connectivity index (χ0n) is 11.4. The summed E-state index contributed by atoms with van der Waals surface area (Å²) in [5.41, 5.74) is 0.848. The number of aryl methyl sites for hydroxylation is 1. The van der Waals surface area contributed by atoms with Gasteiger partial charge in [-0.05, 0) is 24.1 Å². The molecule has 0 fully saturated rings. The van der Waals surface area contributed by atoms with E-state index in [1.165, 1.54) is 12.1 Å². The average Bonchev–Trinajstić information content (AvgIpc) is 2.50. The molecule has 3 atom stereocenters. The van der Waals surface area contributed by atoms with E-state index in [2.05, 4.69) is 0 Å². The molecule has 21 heavy (non-hydrogen) atoms. The average molecular weight is 300 g/mol. The summed E-state index contributed by atoms with van der Waals surface area (Å²) in [4.78, 5) is 11.5. The van der Waals surface area contributed by atoms with E-state index in [4.69, 9.17) is 20.1 Å². The molecule has 1 aromatic rings. The first-order valence-corrected chi connectivity index (χ1v) is 6.52. The van der Waals surface area contributed by atoms with E-state index < -0.39 is 37.5 Å². The Labute approximate surface area is 122 Å². The van der Waals surface area contributed by atoms with Gasteiger partial charge in [-0.15, -0.1) is 0 Å². The Morgan fingerprint density at radius 2 is 1.71 bits per heavy atom. The third-order valence-corrected chi connectivity index (χ3v) is 2.94. The number of carbonyl (C=O) groups is 1. The molecule has 0 unspecified atom stereocenters. The summed E-state index contributed by atoms with van der Waals surface area (Å²) in [6, 6.07) is 6.38. The number of phenols is 1. The number of esters is 1. The lowest BCUT2D eigenvalue weighted by Gasteiger charge is -2.21. The van der Waals surface area contributed by atoms with E-state index in [-0.39, 0.29) is 12.2 Å². The molecule has 5 N–H and O–H groups in total. The Hall–Kier alpha value is -1.67. The largest absolute Gasteiger partial charge is 0.508 e. The van der Waals surface area contributed by atoms with Gasteiger partial charge in [-0.1, -0.05) is 12.1 Å². The van der Waals surface area contributed by atoms with Crippen LogP contribution in [0.5, 0.6) is 5.75 Å². The number of benzene rings is 1. The van der Waals surface area contributed by atoms with Crippen LogP contribution in [0.4, 0.5) is 0 Å². The van der Waals surface area contributed by atoms with E-state index in [1.54, 1.807) is 12.1 Å². The van der Waals surface area contributed by atoms with Gasteiger partial charge in [0.15, 0.2) is 0 Å². The number of hydrogen-bond donors (Lipinski definition) is 5. The van der Waals surface area contributed by atoms with E-state index in [1.807, 2.05) is 0 Å². The quantitative estimate of drug-likeness (QED) is 0.387. The molecule has 0 aliphatic rings. The molecule has 0 heterocycles. The Kier molecular flexibility index (Phi) is 7.10. The molecular formula is C14H20O7. The maximum atomic E-state index is 11.5. The van der Waals surface area contributed by atoms with Crippen molar-refractivity contribution in [3.8, 4) is 5.75 Å². The van der Waals surface area contributed by atoms with Crippen LogP contribution in [0.3, 0.4) is 0 Å². The van der Waals surface area contributed by atoms with Crippen molar-refractivity contribution < 1.29 is 35.1 Å². The van der Waals surface area contributed by atoms with Crippen LogP contribution in [0.15, 0.2) is 24.3 Å². The lowest BCUT2D eigenvalue weighted by Crippen LogP contribution is -2.42. The first-order valence-electron chi connectivity index (χ1n) is 6.52. The summed E-state index contributed by atoms with van der Waals surface area (Å²) in [6.45, 7) is -1.17. The van der Waals surface area contributed by atoms with Crippen molar-refractivity contribution in [2.45, 2.75) is 31.2 Å². The number of rotatable bonds is 8. The molecule has 0 aliphatic carbocycles. The molecule has 0 spiro atoms. The second-order valence-electron chi connectivity index (χ2n) is 4.66. The lowest BCUT2D eigenvalue weighted by atomic mass is 10.1.